The Labute approximate surface area is 382 Å². The topological polar surface area (TPSA) is 50.3 Å². The predicted molar refractivity (Wildman–Crippen MR) is 272 cm³/mol. The molecule has 0 amide bonds. The zero-order chi connectivity index (χ0) is 43.8. The molecular formula is C60H41N5O. The van der Waals surface area contributed by atoms with Crippen LogP contribution in [0.4, 0.5) is 34.1 Å². The van der Waals surface area contributed by atoms with E-state index in [1.165, 1.54) is 5.39 Å². The molecule has 0 bridgehead atoms. The molecule has 0 aliphatic heterocycles. The lowest BCUT2D eigenvalue weighted by Crippen LogP contribution is -2.10. The summed E-state index contributed by atoms with van der Waals surface area (Å²) < 4.78 is 8.33. The van der Waals surface area contributed by atoms with Gasteiger partial charge in [-0.1, -0.05) is 109 Å². The van der Waals surface area contributed by atoms with Crippen LogP contribution in [0.15, 0.2) is 253 Å². The minimum Gasteiger partial charge on any atom is -0.436 e. The molecule has 2 heterocycles. The zero-order valence-electron chi connectivity index (χ0n) is 35.8. The van der Waals surface area contributed by atoms with Crippen molar-refractivity contribution < 1.29 is 4.42 Å². The minimum atomic E-state index is 0.610. The number of para-hydroxylation sites is 7. The second kappa shape index (κ2) is 16.6. The average molecular weight is 848 g/mol. The van der Waals surface area contributed by atoms with Crippen LogP contribution >= 0.6 is 0 Å². The summed E-state index contributed by atoms with van der Waals surface area (Å²) in [6.07, 6.45) is 0. The van der Waals surface area contributed by atoms with Crippen LogP contribution in [-0.2, 0) is 0 Å². The molecule has 0 fully saturated rings. The van der Waals surface area contributed by atoms with Crippen LogP contribution in [0.25, 0.3) is 72.6 Å². The summed E-state index contributed by atoms with van der Waals surface area (Å²) in [5.74, 6) is 1.52. The van der Waals surface area contributed by atoms with Gasteiger partial charge in [0.15, 0.2) is 5.58 Å². The number of imidazole rings is 1. The molecule has 0 saturated heterocycles. The summed E-state index contributed by atoms with van der Waals surface area (Å²) in [5.41, 5.74) is 15.4. The Hall–Kier alpha value is -9.00. The fraction of sp³-hybridized carbons (Fsp3) is 0. The maximum atomic E-state index is 6.09. The highest BCUT2D eigenvalue weighted by molar-refractivity contribution is 5.93. The molecule has 6 nitrogen and oxygen atoms in total. The van der Waals surface area contributed by atoms with E-state index in [9.17, 15) is 0 Å². The van der Waals surface area contributed by atoms with Gasteiger partial charge in [-0.15, -0.1) is 0 Å². The standard InChI is InChI=1S/C60H41N5O/c1-4-16-48(17-5-1)63(52-36-31-43(32-37-52)60-62-56-24-11-13-26-58(56)66-60)53-22-14-15-44(40-53)45-27-28-47-41-54(38-33-46(47)39-45)64(49-18-6-2-7-19-49)51-34-29-42(30-35-51)59-61-55-23-10-12-25-57(55)65(59)50-20-8-3-9-21-50/h1-41H. The summed E-state index contributed by atoms with van der Waals surface area (Å²) in [7, 11) is 0. The van der Waals surface area contributed by atoms with Gasteiger partial charge < -0.3 is 14.2 Å². The second-order valence-corrected chi connectivity index (χ2v) is 16.3. The van der Waals surface area contributed by atoms with Gasteiger partial charge in [0.25, 0.3) is 0 Å². The van der Waals surface area contributed by atoms with E-state index in [1.807, 2.05) is 36.4 Å². The Kier molecular flexibility index (Phi) is 9.73. The normalized spacial score (nSPS) is 11.3. The lowest BCUT2D eigenvalue weighted by Gasteiger charge is -2.26. The summed E-state index contributed by atoms with van der Waals surface area (Å²) >= 11 is 0. The van der Waals surface area contributed by atoms with Crippen molar-refractivity contribution in [3.63, 3.8) is 0 Å². The molecule has 0 aliphatic carbocycles. The average Bonchev–Trinajstić information content (AvgIpc) is 4.01. The Balaban J connectivity index is 0.865. The van der Waals surface area contributed by atoms with E-state index in [0.717, 1.165) is 95.4 Å². The van der Waals surface area contributed by atoms with Crippen LogP contribution in [0, 0.1) is 0 Å². The first kappa shape index (κ1) is 38.7. The van der Waals surface area contributed by atoms with Gasteiger partial charge in [0.1, 0.15) is 11.3 Å². The van der Waals surface area contributed by atoms with Crippen LogP contribution in [0.1, 0.15) is 0 Å². The van der Waals surface area contributed by atoms with Crippen molar-refractivity contribution in [3.8, 4) is 39.7 Å². The van der Waals surface area contributed by atoms with E-state index in [0.29, 0.717) is 5.89 Å². The van der Waals surface area contributed by atoms with Crippen molar-refractivity contribution in [1.82, 2.24) is 14.5 Å². The number of oxazole rings is 1. The quantitative estimate of drug-likeness (QED) is 0.137. The largest absolute Gasteiger partial charge is 0.436 e. The maximum absolute atomic E-state index is 6.09. The number of hydrogen-bond donors (Lipinski definition) is 0. The number of nitrogens with zero attached hydrogens (tertiary/aromatic N) is 5. The lowest BCUT2D eigenvalue weighted by atomic mass is 9.99. The monoisotopic (exact) mass is 847 g/mol. The highest BCUT2D eigenvalue weighted by atomic mass is 16.3. The van der Waals surface area contributed by atoms with E-state index in [-0.39, 0.29) is 0 Å². The summed E-state index contributed by atoms with van der Waals surface area (Å²) in [6.45, 7) is 0. The molecule has 12 rings (SSSR count). The molecule has 0 radical (unpaired) electrons. The van der Waals surface area contributed by atoms with Crippen LogP contribution in [0.5, 0.6) is 0 Å². The molecule has 2 aromatic heterocycles. The molecule has 0 atom stereocenters. The van der Waals surface area contributed by atoms with Crippen molar-refractivity contribution >= 4 is 67.0 Å². The fourth-order valence-electron chi connectivity index (χ4n) is 8.99. The lowest BCUT2D eigenvalue weighted by molar-refractivity contribution is 0.620. The van der Waals surface area contributed by atoms with Gasteiger partial charge in [-0.3, -0.25) is 4.57 Å². The molecule has 12 aromatic rings. The predicted octanol–water partition coefficient (Wildman–Crippen LogP) is 16.3. The number of rotatable bonds is 10. The summed E-state index contributed by atoms with van der Waals surface area (Å²) in [5, 5.41) is 2.33. The van der Waals surface area contributed by atoms with Gasteiger partial charge in [-0.05, 0) is 161 Å². The van der Waals surface area contributed by atoms with Crippen molar-refractivity contribution in [2.75, 3.05) is 9.80 Å². The molecule has 312 valence electrons. The Bertz CT molecular complexity index is 3610. The van der Waals surface area contributed by atoms with E-state index >= 15 is 0 Å². The summed E-state index contributed by atoms with van der Waals surface area (Å²) in [4.78, 5) is 14.4. The molecule has 0 aliphatic rings. The molecule has 0 N–H and O–H groups in total. The van der Waals surface area contributed by atoms with Crippen LogP contribution in [-0.4, -0.2) is 14.5 Å². The van der Waals surface area contributed by atoms with Crippen molar-refractivity contribution in [2.24, 2.45) is 0 Å². The van der Waals surface area contributed by atoms with E-state index in [1.54, 1.807) is 0 Å². The van der Waals surface area contributed by atoms with Crippen LogP contribution in [0.3, 0.4) is 0 Å². The van der Waals surface area contributed by atoms with Gasteiger partial charge in [-0.2, -0.15) is 0 Å². The fourth-order valence-corrected chi connectivity index (χ4v) is 8.99. The van der Waals surface area contributed by atoms with Gasteiger partial charge in [0, 0.05) is 50.9 Å². The van der Waals surface area contributed by atoms with Gasteiger partial charge in [0.05, 0.1) is 11.0 Å². The van der Waals surface area contributed by atoms with Gasteiger partial charge >= 0.3 is 0 Å². The molecule has 6 heteroatoms. The molecule has 0 saturated carbocycles. The summed E-state index contributed by atoms with van der Waals surface area (Å²) in [6, 6.07) is 87.2. The Morgan fingerprint density at radius 1 is 0.333 bits per heavy atom. The first-order valence-electron chi connectivity index (χ1n) is 22.1. The van der Waals surface area contributed by atoms with Gasteiger partial charge in [0.2, 0.25) is 5.89 Å². The third kappa shape index (κ3) is 7.22. The van der Waals surface area contributed by atoms with Crippen molar-refractivity contribution in [2.45, 2.75) is 0 Å². The number of anilines is 6. The minimum absolute atomic E-state index is 0.610. The SMILES string of the molecule is c1ccc(N(c2ccc(-c3nc4ccccc4o3)cc2)c2cccc(-c3ccc4cc(N(c5ccccc5)c5ccc(-c6nc7ccccc7n6-c6ccccc6)cc5)ccc4c3)c2)cc1. The highest BCUT2D eigenvalue weighted by Crippen LogP contribution is 2.41. The maximum Gasteiger partial charge on any atom is 0.227 e. The molecular weight excluding hydrogens is 807 g/mol. The van der Waals surface area contributed by atoms with E-state index in [2.05, 4.69) is 227 Å². The Morgan fingerprint density at radius 3 is 1.53 bits per heavy atom. The number of benzene rings is 10. The second-order valence-electron chi connectivity index (χ2n) is 16.3. The zero-order valence-corrected chi connectivity index (χ0v) is 35.8. The molecule has 0 spiro atoms. The van der Waals surface area contributed by atoms with E-state index < -0.39 is 0 Å². The first-order chi connectivity index (χ1) is 32.7. The first-order valence-corrected chi connectivity index (χ1v) is 22.1. The smallest absolute Gasteiger partial charge is 0.227 e. The Morgan fingerprint density at radius 2 is 0.833 bits per heavy atom. The molecule has 10 aromatic carbocycles. The van der Waals surface area contributed by atoms with Crippen LogP contribution in [0.2, 0.25) is 0 Å². The third-order valence-electron chi connectivity index (χ3n) is 12.2. The highest BCUT2D eigenvalue weighted by Gasteiger charge is 2.19. The number of aromatic nitrogens is 3. The van der Waals surface area contributed by atoms with Gasteiger partial charge in [-0.25, -0.2) is 9.97 Å². The van der Waals surface area contributed by atoms with E-state index in [4.69, 9.17) is 14.4 Å². The van der Waals surface area contributed by atoms with Crippen molar-refractivity contribution in [1.29, 1.82) is 0 Å². The van der Waals surface area contributed by atoms with Crippen LogP contribution < -0.4 is 9.80 Å². The molecule has 0 unspecified atom stereocenters. The van der Waals surface area contributed by atoms with Crippen molar-refractivity contribution in [3.05, 3.63) is 249 Å². The molecule has 66 heavy (non-hydrogen) atoms. The number of hydrogen-bond acceptors (Lipinski definition) is 5. The third-order valence-corrected chi connectivity index (χ3v) is 12.2. The number of fused-ring (bicyclic) bond motifs is 3.